The van der Waals surface area contributed by atoms with E-state index < -0.39 is 4.84 Å². The molecular formula is C23H42Cl2O4. The molecule has 0 spiro atoms. The van der Waals surface area contributed by atoms with E-state index in [2.05, 4.69) is 6.92 Å². The van der Waals surface area contributed by atoms with Crippen LogP contribution in [0.25, 0.3) is 0 Å². The SMILES string of the molecule is CCCCCCCCCCCOC(=O)CCCCCCCCC(=O)OCC(Cl)Cl. The normalized spacial score (nSPS) is 11.0. The topological polar surface area (TPSA) is 52.6 Å². The van der Waals surface area contributed by atoms with Crippen molar-refractivity contribution in [3.05, 3.63) is 0 Å². The zero-order chi connectivity index (χ0) is 21.6. The van der Waals surface area contributed by atoms with Crippen LogP contribution in [0.5, 0.6) is 0 Å². The standard InChI is InChI=1S/C23H42Cl2O4/c1-2-3-4-5-6-7-10-13-16-19-28-22(26)17-14-11-8-9-12-15-18-23(27)29-20-21(24)25/h21H,2-20H2,1H3. The molecule has 0 heterocycles. The lowest BCUT2D eigenvalue weighted by Gasteiger charge is -2.06. The molecule has 29 heavy (non-hydrogen) atoms. The lowest BCUT2D eigenvalue weighted by molar-refractivity contribution is -0.144. The minimum atomic E-state index is -0.657. The Kier molecular flexibility index (Phi) is 21.8. The van der Waals surface area contributed by atoms with Crippen LogP contribution in [0, 0.1) is 0 Å². The molecule has 0 fully saturated rings. The maximum Gasteiger partial charge on any atom is 0.305 e. The van der Waals surface area contributed by atoms with Crippen LogP contribution in [-0.4, -0.2) is 30.0 Å². The van der Waals surface area contributed by atoms with Gasteiger partial charge in [0.2, 0.25) is 0 Å². The van der Waals surface area contributed by atoms with Gasteiger partial charge < -0.3 is 9.47 Å². The summed E-state index contributed by atoms with van der Waals surface area (Å²) >= 11 is 11.0. The van der Waals surface area contributed by atoms with E-state index >= 15 is 0 Å². The van der Waals surface area contributed by atoms with Crippen LogP contribution >= 0.6 is 23.2 Å². The highest BCUT2D eigenvalue weighted by Gasteiger charge is 2.06. The van der Waals surface area contributed by atoms with Crippen LogP contribution in [0.4, 0.5) is 0 Å². The molecule has 0 atom stereocenters. The summed E-state index contributed by atoms with van der Waals surface area (Å²) < 4.78 is 10.2. The minimum Gasteiger partial charge on any atom is -0.466 e. The van der Waals surface area contributed by atoms with Crippen molar-refractivity contribution in [1.82, 2.24) is 0 Å². The average molecular weight is 453 g/mol. The van der Waals surface area contributed by atoms with Crippen molar-refractivity contribution >= 4 is 35.1 Å². The summed E-state index contributed by atoms with van der Waals surface area (Å²) in [4.78, 5) is 22.4. The highest BCUT2D eigenvalue weighted by atomic mass is 35.5. The van der Waals surface area contributed by atoms with E-state index in [9.17, 15) is 9.59 Å². The lowest BCUT2D eigenvalue weighted by atomic mass is 10.1. The number of carbonyl (C=O) groups is 2. The van der Waals surface area contributed by atoms with E-state index in [0.29, 0.717) is 19.4 Å². The van der Waals surface area contributed by atoms with Crippen LogP contribution < -0.4 is 0 Å². The van der Waals surface area contributed by atoms with E-state index in [1.807, 2.05) is 0 Å². The summed E-state index contributed by atoms with van der Waals surface area (Å²) in [5.74, 6) is -0.310. The monoisotopic (exact) mass is 452 g/mol. The Hall–Kier alpha value is -0.480. The second-order valence-corrected chi connectivity index (χ2v) is 9.02. The molecule has 0 aliphatic heterocycles. The maximum atomic E-state index is 11.7. The molecule has 0 saturated carbocycles. The second kappa shape index (κ2) is 22.2. The summed E-state index contributed by atoms with van der Waals surface area (Å²) in [6.45, 7) is 2.86. The Balaban J connectivity index is 3.25. The molecule has 0 rings (SSSR count). The molecule has 0 bridgehead atoms. The molecule has 0 aliphatic carbocycles. The number of hydrogen-bond donors (Lipinski definition) is 0. The average Bonchev–Trinajstić information content (AvgIpc) is 2.69. The Labute approximate surface area is 188 Å². The Morgan fingerprint density at radius 3 is 1.52 bits per heavy atom. The molecule has 0 amide bonds. The number of esters is 2. The zero-order valence-corrected chi connectivity index (χ0v) is 19.9. The van der Waals surface area contributed by atoms with E-state index in [-0.39, 0.29) is 18.5 Å². The van der Waals surface area contributed by atoms with Gasteiger partial charge in [-0.25, -0.2) is 0 Å². The third kappa shape index (κ3) is 23.7. The van der Waals surface area contributed by atoms with Crippen molar-refractivity contribution in [3.63, 3.8) is 0 Å². The van der Waals surface area contributed by atoms with Crippen molar-refractivity contribution < 1.29 is 19.1 Å². The van der Waals surface area contributed by atoms with E-state index in [1.165, 1.54) is 44.9 Å². The fraction of sp³-hybridized carbons (Fsp3) is 0.913. The van der Waals surface area contributed by atoms with Crippen LogP contribution in [0.15, 0.2) is 0 Å². The summed E-state index contributed by atoms with van der Waals surface area (Å²) in [5.41, 5.74) is 0. The van der Waals surface area contributed by atoms with E-state index in [4.69, 9.17) is 32.7 Å². The number of unbranched alkanes of at least 4 members (excludes halogenated alkanes) is 13. The van der Waals surface area contributed by atoms with Crippen LogP contribution in [0.3, 0.4) is 0 Å². The number of ether oxygens (including phenoxy) is 2. The number of rotatable bonds is 21. The fourth-order valence-corrected chi connectivity index (χ4v) is 3.27. The Bertz CT molecular complexity index is 389. The first-order valence-electron chi connectivity index (χ1n) is 11.7. The predicted molar refractivity (Wildman–Crippen MR) is 122 cm³/mol. The van der Waals surface area contributed by atoms with Crippen LogP contribution in [0.1, 0.15) is 116 Å². The molecule has 6 heteroatoms. The summed E-state index contributed by atoms with van der Waals surface area (Å²) in [5, 5.41) is 0. The number of halogens is 2. The Morgan fingerprint density at radius 2 is 1.03 bits per heavy atom. The third-order valence-electron chi connectivity index (χ3n) is 4.89. The van der Waals surface area contributed by atoms with Gasteiger partial charge in [-0.2, -0.15) is 0 Å². The number of carbonyl (C=O) groups excluding carboxylic acids is 2. The Morgan fingerprint density at radius 1 is 0.621 bits per heavy atom. The van der Waals surface area contributed by atoms with Gasteiger partial charge in [-0.05, 0) is 19.3 Å². The molecule has 0 aromatic carbocycles. The summed E-state index contributed by atoms with van der Waals surface area (Å²) in [7, 11) is 0. The third-order valence-corrected chi connectivity index (χ3v) is 5.15. The molecule has 0 unspecified atom stereocenters. The first-order chi connectivity index (χ1) is 14.1. The van der Waals surface area contributed by atoms with Gasteiger partial charge in [0.15, 0.2) is 0 Å². The fourth-order valence-electron chi connectivity index (χ4n) is 3.14. The zero-order valence-electron chi connectivity index (χ0n) is 18.4. The van der Waals surface area contributed by atoms with Crippen molar-refractivity contribution in [2.24, 2.45) is 0 Å². The predicted octanol–water partition coefficient (Wildman–Crippen LogP) is 7.53. The molecule has 0 saturated heterocycles. The quantitative estimate of drug-likeness (QED) is 0.102. The van der Waals surface area contributed by atoms with Crippen molar-refractivity contribution in [2.75, 3.05) is 13.2 Å². The van der Waals surface area contributed by atoms with Crippen molar-refractivity contribution in [1.29, 1.82) is 0 Å². The highest BCUT2D eigenvalue weighted by molar-refractivity contribution is 6.44. The van der Waals surface area contributed by atoms with Crippen molar-refractivity contribution in [2.45, 2.75) is 121 Å². The van der Waals surface area contributed by atoms with Gasteiger partial charge in [-0.15, -0.1) is 23.2 Å². The second-order valence-electron chi connectivity index (χ2n) is 7.74. The van der Waals surface area contributed by atoms with Crippen LogP contribution in [-0.2, 0) is 19.1 Å². The van der Waals surface area contributed by atoms with Gasteiger partial charge in [-0.3, -0.25) is 9.59 Å². The summed E-state index contributed by atoms with van der Waals surface area (Å²) in [6, 6.07) is 0. The first kappa shape index (κ1) is 28.5. The molecule has 172 valence electrons. The van der Waals surface area contributed by atoms with Gasteiger partial charge in [0, 0.05) is 12.8 Å². The molecule has 0 radical (unpaired) electrons. The maximum absolute atomic E-state index is 11.7. The van der Waals surface area contributed by atoms with E-state index in [1.54, 1.807) is 0 Å². The molecule has 0 aliphatic rings. The summed E-state index contributed by atoms with van der Waals surface area (Å²) in [6.07, 6.45) is 18.2. The number of alkyl halides is 2. The lowest BCUT2D eigenvalue weighted by Crippen LogP contribution is -2.09. The van der Waals surface area contributed by atoms with Crippen molar-refractivity contribution in [3.8, 4) is 0 Å². The minimum absolute atomic E-state index is 0.0527. The molecule has 0 aromatic heterocycles. The van der Waals surface area contributed by atoms with Gasteiger partial charge in [0.05, 0.1) is 6.61 Å². The molecule has 4 nitrogen and oxygen atoms in total. The molecule has 0 N–H and O–H groups in total. The van der Waals surface area contributed by atoms with Gasteiger partial charge in [0.25, 0.3) is 0 Å². The number of hydrogen-bond acceptors (Lipinski definition) is 4. The first-order valence-corrected chi connectivity index (χ1v) is 12.5. The van der Waals surface area contributed by atoms with Gasteiger partial charge >= 0.3 is 11.9 Å². The highest BCUT2D eigenvalue weighted by Crippen LogP contribution is 2.11. The molecule has 0 aromatic rings. The van der Waals surface area contributed by atoms with Gasteiger partial charge in [0.1, 0.15) is 11.4 Å². The smallest absolute Gasteiger partial charge is 0.305 e. The van der Waals surface area contributed by atoms with E-state index in [0.717, 1.165) is 51.4 Å². The van der Waals surface area contributed by atoms with Crippen LogP contribution in [0.2, 0.25) is 0 Å². The largest absolute Gasteiger partial charge is 0.466 e. The van der Waals surface area contributed by atoms with Gasteiger partial charge in [-0.1, -0.05) is 84.0 Å². The molecular weight excluding hydrogens is 411 g/mol.